The van der Waals surface area contributed by atoms with E-state index in [0.29, 0.717) is 22.9 Å². The average molecular weight is 295 g/mol. The summed E-state index contributed by atoms with van der Waals surface area (Å²) in [5.41, 5.74) is 0.0972. The van der Waals surface area contributed by atoms with Crippen molar-refractivity contribution in [2.24, 2.45) is 0 Å². The monoisotopic (exact) mass is 294 g/mol. The molecule has 0 aliphatic rings. The fourth-order valence-electron chi connectivity index (χ4n) is 1.40. The molecule has 0 bridgehead atoms. The number of carboxylic acids is 1. The first kappa shape index (κ1) is 16.0. The third-order valence-electron chi connectivity index (χ3n) is 2.42. The van der Waals surface area contributed by atoms with Gasteiger partial charge in [-0.05, 0) is 38.4 Å². The second kappa shape index (κ2) is 7.53. The van der Waals surface area contributed by atoms with E-state index in [-0.39, 0.29) is 5.57 Å². The third-order valence-corrected chi connectivity index (χ3v) is 2.65. The normalized spacial score (nSPS) is 11.2. The maximum absolute atomic E-state index is 10.9. The molecule has 0 fully saturated rings. The number of hydrogen-bond donors (Lipinski definition) is 1. The fourth-order valence-corrected chi connectivity index (χ4v) is 1.58. The predicted molar refractivity (Wildman–Crippen MR) is 76.7 cm³/mol. The van der Waals surface area contributed by atoms with E-state index >= 15 is 0 Å². The summed E-state index contributed by atoms with van der Waals surface area (Å²) in [7, 11) is 3.84. The molecular weight excluding hydrogens is 280 g/mol. The minimum Gasteiger partial charge on any atom is -0.492 e. The number of likely N-dealkylation sites (N-methyl/N-ethyl adjacent to an activating group) is 1. The van der Waals surface area contributed by atoms with Gasteiger partial charge in [0.25, 0.3) is 0 Å². The number of nitrogens with zero attached hydrogens (tertiary/aromatic N) is 2. The lowest BCUT2D eigenvalue weighted by Crippen LogP contribution is -2.19. The van der Waals surface area contributed by atoms with Crippen LogP contribution in [0.3, 0.4) is 0 Å². The van der Waals surface area contributed by atoms with E-state index in [1.54, 1.807) is 24.3 Å². The first-order chi connectivity index (χ1) is 9.43. The Morgan fingerprint density at radius 1 is 1.55 bits per heavy atom. The van der Waals surface area contributed by atoms with E-state index in [2.05, 4.69) is 0 Å². The van der Waals surface area contributed by atoms with Crippen molar-refractivity contribution in [1.29, 1.82) is 5.26 Å². The number of halogens is 1. The summed E-state index contributed by atoms with van der Waals surface area (Å²) in [5.74, 6) is -0.794. The molecule has 0 amide bonds. The van der Waals surface area contributed by atoms with Crippen molar-refractivity contribution in [2.45, 2.75) is 0 Å². The van der Waals surface area contributed by atoms with Crippen molar-refractivity contribution in [1.82, 2.24) is 4.90 Å². The van der Waals surface area contributed by atoms with Gasteiger partial charge >= 0.3 is 5.97 Å². The maximum atomic E-state index is 10.9. The van der Waals surface area contributed by atoms with Crippen LogP contribution in [-0.4, -0.2) is 43.2 Å². The zero-order valence-electron chi connectivity index (χ0n) is 11.3. The molecule has 0 aromatic heterocycles. The van der Waals surface area contributed by atoms with Crippen LogP contribution in [0.1, 0.15) is 5.56 Å². The van der Waals surface area contributed by atoms with E-state index in [0.717, 1.165) is 6.54 Å². The van der Waals surface area contributed by atoms with E-state index in [1.165, 1.54) is 6.08 Å². The van der Waals surface area contributed by atoms with Crippen molar-refractivity contribution in [3.63, 3.8) is 0 Å². The summed E-state index contributed by atoms with van der Waals surface area (Å²) in [6.07, 6.45) is 1.25. The molecule has 0 saturated carbocycles. The molecule has 0 unspecified atom stereocenters. The second-order valence-corrected chi connectivity index (χ2v) is 4.75. The van der Waals surface area contributed by atoms with Crippen molar-refractivity contribution in [3.8, 4) is 11.8 Å². The van der Waals surface area contributed by atoms with Gasteiger partial charge in [-0.2, -0.15) is 5.26 Å². The van der Waals surface area contributed by atoms with Crippen molar-refractivity contribution < 1.29 is 14.6 Å². The smallest absolute Gasteiger partial charge is 0.346 e. The number of carbonyl (C=O) groups is 1. The van der Waals surface area contributed by atoms with Crippen LogP contribution in [0, 0.1) is 11.3 Å². The lowest BCUT2D eigenvalue weighted by atomic mass is 10.1. The molecule has 1 N–H and O–H groups in total. The highest BCUT2D eigenvalue weighted by atomic mass is 35.5. The molecule has 0 heterocycles. The van der Waals surface area contributed by atoms with Gasteiger partial charge in [-0.25, -0.2) is 4.79 Å². The summed E-state index contributed by atoms with van der Waals surface area (Å²) >= 11 is 5.88. The number of nitriles is 1. The van der Waals surface area contributed by atoms with Crippen LogP contribution < -0.4 is 4.74 Å². The Morgan fingerprint density at radius 3 is 2.80 bits per heavy atom. The first-order valence-corrected chi connectivity index (χ1v) is 6.24. The molecule has 1 aromatic carbocycles. The molecule has 0 spiro atoms. The van der Waals surface area contributed by atoms with Gasteiger partial charge in [0.1, 0.15) is 24.0 Å². The number of carboxylic acid groups (broad SMARTS) is 1. The molecule has 6 heteroatoms. The fraction of sp³-hybridized carbons (Fsp3) is 0.286. The van der Waals surface area contributed by atoms with Crippen molar-refractivity contribution in [2.75, 3.05) is 27.2 Å². The molecule has 0 radical (unpaired) electrons. The highest BCUT2D eigenvalue weighted by Gasteiger charge is 2.09. The second-order valence-electron chi connectivity index (χ2n) is 4.31. The molecule has 0 atom stereocenters. The molecule has 0 aliphatic carbocycles. The van der Waals surface area contributed by atoms with E-state index < -0.39 is 5.97 Å². The minimum atomic E-state index is -1.29. The van der Waals surface area contributed by atoms with E-state index in [1.807, 2.05) is 19.0 Å². The van der Waals surface area contributed by atoms with Gasteiger partial charge < -0.3 is 14.7 Å². The van der Waals surface area contributed by atoms with E-state index in [9.17, 15) is 4.79 Å². The minimum absolute atomic E-state index is 0.371. The summed E-state index contributed by atoms with van der Waals surface area (Å²) in [5, 5.41) is 18.1. The van der Waals surface area contributed by atoms with Crippen LogP contribution in [0.25, 0.3) is 6.08 Å². The Morgan fingerprint density at radius 2 is 2.25 bits per heavy atom. The predicted octanol–water partition coefficient (Wildman–Crippen LogP) is 2.27. The number of rotatable bonds is 6. The SMILES string of the molecule is CN(C)CCOc1ccc(Cl)cc1C=C(C#N)C(=O)O. The van der Waals surface area contributed by atoms with Gasteiger partial charge in [0.05, 0.1) is 0 Å². The van der Waals surface area contributed by atoms with E-state index in [4.69, 9.17) is 26.7 Å². The Kier molecular flexibility index (Phi) is 6.04. The largest absolute Gasteiger partial charge is 0.492 e. The molecule has 0 aliphatic heterocycles. The summed E-state index contributed by atoms with van der Waals surface area (Å²) in [4.78, 5) is 12.8. The lowest BCUT2D eigenvalue weighted by molar-refractivity contribution is -0.132. The van der Waals surface area contributed by atoms with Gasteiger partial charge in [0.15, 0.2) is 0 Å². The van der Waals surface area contributed by atoms with Crippen LogP contribution in [0.2, 0.25) is 5.02 Å². The lowest BCUT2D eigenvalue weighted by Gasteiger charge is -2.13. The van der Waals surface area contributed by atoms with Gasteiger partial charge in [-0.3, -0.25) is 0 Å². The number of ether oxygens (including phenoxy) is 1. The van der Waals surface area contributed by atoms with Crippen molar-refractivity contribution >= 4 is 23.6 Å². The summed E-state index contributed by atoms with van der Waals surface area (Å²) in [6.45, 7) is 1.17. The van der Waals surface area contributed by atoms with Crippen LogP contribution in [0.5, 0.6) is 5.75 Å². The third kappa shape index (κ3) is 4.92. The molecule has 5 nitrogen and oxygen atoms in total. The summed E-state index contributed by atoms with van der Waals surface area (Å²) in [6, 6.07) is 6.49. The van der Waals surface area contributed by atoms with Crippen LogP contribution >= 0.6 is 11.6 Å². The number of hydrogen-bond acceptors (Lipinski definition) is 4. The quantitative estimate of drug-likeness (QED) is 0.643. The van der Waals surface area contributed by atoms with Crippen molar-refractivity contribution in [3.05, 3.63) is 34.4 Å². The molecule has 106 valence electrons. The molecule has 0 saturated heterocycles. The average Bonchev–Trinajstić information content (AvgIpc) is 2.37. The molecule has 1 aromatic rings. The Bertz CT molecular complexity index is 562. The zero-order chi connectivity index (χ0) is 15.1. The van der Waals surface area contributed by atoms with Gasteiger partial charge in [-0.1, -0.05) is 11.6 Å². The number of benzene rings is 1. The van der Waals surface area contributed by atoms with Gasteiger partial charge in [0, 0.05) is 17.1 Å². The molecule has 20 heavy (non-hydrogen) atoms. The number of aliphatic carboxylic acids is 1. The molecule has 1 rings (SSSR count). The van der Waals surface area contributed by atoms with Crippen LogP contribution in [0.15, 0.2) is 23.8 Å². The van der Waals surface area contributed by atoms with Crippen LogP contribution in [-0.2, 0) is 4.79 Å². The highest BCUT2D eigenvalue weighted by molar-refractivity contribution is 6.30. The van der Waals surface area contributed by atoms with Gasteiger partial charge in [0.2, 0.25) is 0 Å². The Hall–Kier alpha value is -2.03. The molecular formula is C14H15ClN2O3. The first-order valence-electron chi connectivity index (χ1n) is 5.86. The Labute approximate surface area is 122 Å². The maximum Gasteiger partial charge on any atom is 0.346 e. The van der Waals surface area contributed by atoms with Crippen LogP contribution in [0.4, 0.5) is 0 Å². The highest BCUT2D eigenvalue weighted by Crippen LogP contribution is 2.25. The van der Waals surface area contributed by atoms with Gasteiger partial charge in [-0.15, -0.1) is 0 Å². The summed E-state index contributed by atoms with van der Waals surface area (Å²) < 4.78 is 5.58. The standard InChI is InChI=1S/C14H15ClN2O3/c1-17(2)5-6-20-13-4-3-12(15)8-10(13)7-11(9-16)14(18)19/h3-4,7-8H,5-6H2,1-2H3,(H,18,19). The Balaban J connectivity index is 3.02. The zero-order valence-corrected chi connectivity index (χ0v) is 12.0. The topological polar surface area (TPSA) is 73.6 Å².